The third-order valence-corrected chi connectivity index (χ3v) is 5.17. The molecule has 8 heteroatoms. The van der Waals surface area contributed by atoms with Gasteiger partial charge in [0.1, 0.15) is 6.61 Å². The number of methoxy groups -OCH3 is 1. The Morgan fingerprint density at radius 3 is 2.22 bits per heavy atom. The number of hydrogen-bond donors (Lipinski definition) is 1. The molecule has 1 N–H and O–H groups in total. The molecule has 0 spiro atoms. The maximum absolute atomic E-state index is 13.0. The first-order valence-corrected chi connectivity index (χ1v) is 10.3. The molecule has 0 unspecified atom stereocenters. The first kappa shape index (κ1) is 21.9. The summed E-state index contributed by atoms with van der Waals surface area (Å²) in [4.78, 5) is 41.4. The van der Waals surface area contributed by atoms with E-state index in [-0.39, 0.29) is 36.0 Å². The fourth-order valence-electron chi connectivity index (χ4n) is 3.61. The monoisotopic (exact) mass is 437 g/mol. The first-order chi connectivity index (χ1) is 15.6. The zero-order valence-corrected chi connectivity index (χ0v) is 17.6. The minimum atomic E-state index is -0.531. The first-order valence-electron chi connectivity index (χ1n) is 10.3. The minimum Gasteiger partial charge on any atom is -0.460 e. The third-order valence-electron chi connectivity index (χ3n) is 5.17. The molecule has 32 heavy (non-hydrogen) atoms. The molecule has 1 heterocycles. The van der Waals surface area contributed by atoms with E-state index in [0.29, 0.717) is 54.0 Å². The van der Waals surface area contributed by atoms with Crippen LogP contribution in [0.15, 0.2) is 42.5 Å². The van der Waals surface area contributed by atoms with Crippen molar-refractivity contribution in [1.82, 2.24) is 4.98 Å². The Bertz CT molecular complexity index is 1160. The van der Waals surface area contributed by atoms with Gasteiger partial charge in [-0.25, -0.2) is 4.79 Å². The van der Waals surface area contributed by atoms with Crippen LogP contribution >= 0.6 is 0 Å². The van der Waals surface area contributed by atoms with E-state index in [1.54, 1.807) is 49.6 Å². The molecule has 166 valence electrons. The summed E-state index contributed by atoms with van der Waals surface area (Å²) >= 11 is 0. The molecule has 0 amide bonds. The van der Waals surface area contributed by atoms with Gasteiger partial charge >= 0.3 is 5.97 Å². The molecule has 0 bridgehead atoms. The van der Waals surface area contributed by atoms with Crippen molar-refractivity contribution >= 4 is 28.4 Å². The molecule has 1 aliphatic rings. The Labute approximate surface area is 184 Å². The summed E-state index contributed by atoms with van der Waals surface area (Å²) in [5.74, 6) is -1.01. The molecule has 3 aromatic rings. The van der Waals surface area contributed by atoms with Crippen molar-refractivity contribution in [2.45, 2.75) is 0 Å². The van der Waals surface area contributed by atoms with Gasteiger partial charge in [-0.3, -0.25) is 9.59 Å². The Morgan fingerprint density at radius 1 is 0.844 bits per heavy atom. The van der Waals surface area contributed by atoms with Gasteiger partial charge in [0.2, 0.25) is 5.78 Å². The summed E-state index contributed by atoms with van der Waals surface area (Å²) in [6.07, 6.45) is 0. The number of carbonyl (C=O) groups excluding carboxylic acids is 3. The highest BCUT2D eigenvalue weighted by molar-refractivity contribution is 6.32. The summed E-state index contributed by atoms with van der Waals surface area (Å²) in [5, 5.41) is 0.520. The maximum Gasteiger partial charge on any atom is 0.338 e. The van der Waals surface area contributed by atoms with Gasteiger partial charge in [-0.15, -0.1) is 0 Å². The Hall–Kier alpha value is -3.33. The molecule has 0 atom stereocenters. The summed E-state index contributed by atoms with van der Waals surface area (Å²) < 4.78 is 20.8. The predicted molar refractivity (Wildman–Crippen MR) is 115 cm³/mol. The van der Waals surface area contributed by atoms with Crippen molar-refractivity contribution in [1.29, 1.82) is 0 Å². The third kappa shape index (κ3) is 4.34. The lowest BCUT2D eigenvalue weighted by molar-refractivity contribution is 0.00570. The van der Waals surface area contributed by atoms with Crippen LogP contribution in [0.2, 0.25) is 0 Å². The second-order valence-corrected chi connectivity index (χ2v) is 7.19. The van der Waals surface area contributed by atoms with E-state index in [0.717, 1.165) is 0 Å². The highest BCUT2D eigenvalue weighted by atomic mass is 16.6. The summed E-state index contributed by atoms with van der Waals surface area (Å²) in [7, 11) is 1.60. The number of aromatic amines is 1. The van der Waals surface area contributed by atoms with Crippen molar-refractivity contribution in [3.8, 4) is 0 Å². The molecule has 0 saturated carbocycles. The molecular weight excluding hydrogens is 414 g/mol. The van der Waals surface area contributed by atoms with Crippen LogP contribution in [-0.2, 0) is 18.9 Å². The van der Waals surface area contributed by atoms with Gasteiger partial charge in [0.15, 0.2) is 5.78 Å². The van der Waals surface area contributed by atoms with Crippen LogP contribution in [0.25, 0.3) is 10.9 Å². The maximum atomic E-state index is 13.0. The molecule has 0 saturated heterocycles. The van der Waals surface area contributed by atoms with Crippen LogP contribution in [0.5, 0.6) is 0 Å². The average Bonchev–Trinajstić information content (AvgIpc) is 3.20. The highest BCUT2D eigenvalue weighted by Gasteiger charge is 2.33. The number of rotatable bonds is 10. The van der Waals surface area contributed by atoms with Crippen LogP contribution in [0.4, 0.5) is 0 Å². The second kappa shape index (κ2) is 9.86. The Morgan fingerprint density at radius 2 is 1.50 bits per heavy atom. The van der Waals surface area contributed by atoms with Crippen molar-refractivity contribution in [2.75, 3.05) is 46.8 Å². The van der Waals surface area contributed by atoms with Gasteiger partial charge in [-0.05, 0) is 18.2 Å². The number of benzene rings is 2. The number of esters is 1. The molecule has 4 rings (SSSR count). The molecule has 1 aromatic heterocycles. The van der Waals surface area contributed by atoms with Crippen molar-refractivity contribution in [3.05, 3.63) is 70.4 Å². The Balaban J connectivity index is 1.41. The molecule has 2 aromatic carbocycles. The zero-order valence-electron chi connectivity index (χ0n) is 17.6. The lowest BCUT2D eigenvalue weighted by atomic mass is 9.87. The van der Waals surface area contributed by atoms with Crippen molar-refractivity contribution < 1.29 is 33.3 Å². The van der Waals surface area contributed by atoms with Gasteiger partial charge < -0.3 is 23.9 Å². The average molecular weight is 437 g/mol. The van der Waals surface area contributed by atoms with Crippen molar-refractivity contribution in [3.63, 3.8) is 0 Å². The second-order valence-electron chi connectivity index (χ2n) is 7.19. The van der Waals surface area contributed by atoms with Crippen molar-refractivity contribution in [2.24, 2.45) is 0 Å². The van der Waals surface area contributed by atoms with Crippen LogP contribution in [0.1, 0.15) is 42.3 Å². The minimum absolute atomic E-state index is 0.0883. The van der Waals surface area contributed by atoms with Gasteiger partial charge in [-0.2, -0.15) is 0 Å². The molecule has 8 nitrogen and oxygen atoms in total. The van der Waals surface area contributed by atoms with E-state index in [1.165, 1.54) is 0 Å². The van der Waals surface area contributed by atoms with E-state index < -0.39 is 5.97 Å². The summed E-state index contributed by atoms with van der Waals surface area (Å²) in [6.45, 7) is 2.18. The van der Waals surface area contributed by atoms with E-state index in [1.807, 2.05) is 0 Å². The van der Waals surface area contributed by atoms with E-state index >= 15 is 0 Å². The number of carbonyl (C=O) groups is 3. The molecular formula is C24H23NO7. The van der Waals surface area contributed by atoms with Gasteiger partial charge in [0.25, 0.3) is 0 Å². The van der Waals surface area contributed by atoms with E-state index in [4.69, 9.17) is 18.9 Å². The topological polar surface area (TPSA) is 104 Å². The lowest BCUT2D eigenvalue weighted by Gasteiger charge is -2.14. The summed E-state index contributed by atoms with van der Waals surface area (Å²) in [5.41, 5.74) is 2.17. The summed E-state index contributed by atoms with van der Waals surface area (Å²) in [6, 6.07) is 11.6. The smallest absolute Gasteiger partial charge is 0.338 e. The molecule has 0 fully saturated rings. The fraction of sp³-hybridized carbons (Fsp3) is 0.292. The number of ketones is 2. The quantitative estimate of drug-likeness (QED) is 0.300. The molecule has 1 aliphatic carbocycles. The van der Waals surface area contributed by atoms with Gasteiger partial charge in [0, 0.05) is 29.1 Å². The number of hydrogen-bond acceptors (Lipinski definition) is 7. The number of ether oxygens (including phenoxy) is 4. The highest BCUT2D eigenvalue weighted by Crippen LogP contribution is 2.33. The van der Waals surface area contributed by atoms with E-state index in [9.17, 15) is 14.4 Å². The van der Waals surface area contributed by atoms with Gasteiger partial charge in [0.05, 0.1) is 49.9 Å². The predicted octanol–water partition coefficient (Wildman–Crippen LogP) is 2.78. The van der Waals surface area contributed by atoms with E-state index in [2.05, 4.69) is 4.98 Å². The molecule has 0 radical (unpaired) electrons. The van der Waals surface area contributed by atoms with Gasteiger partial charge in [-0.1, -0.05) is 24.3 Å². The Kier molecular flexibility index (Phi) is 6.75. The number of H-pyrrole nitrogens is 1. The normalized spacial score (nSPS) is 12.7. The zero-order chi connectivity index (χ0) is 22.5. The van der Waals surface area contributed by atoms with Crippen LogP contribution in [-0.4, -0.2) is 69.3 Å². The van der Waals surface area contributed by atoms with Crippen LogP contribution in [0, 0.1) is 0 Å². The van der Waals surface area contributed by atoms with Crippen LogP contribution in [0.3, 0.4) is 0 Å². The lowest BCUT2D eigenvalue weighted by Crippen LogP contribution is -2.20. The standard InChI is InChI=1S/C24H23NO7/c1-29-8-9-30-10-11-31-12-13-32-24(28)15-6-7-19-18(14-15)20-21(25-19)23(27)17-5-3-2-4-16(17)22(20)26/h2-7,14,25H,8-13H2,1H3. The molecule has 0 aliphatic heterocycles. The number of nitrogens with one attached hydrogen (secondary N) is 1. The largest absolute Gasteiger partial charge is 0.460 e. The SMILES string of the molecule is COCCOCCOCCOC(=O)c1ccc2[nH]c3c(c2c1)C(=O)c1ccccc1C3=O. The fourth-order valence-corrected chi connectivity index (χ4v) is 3.61. The van der Waals surface area contributed by atoms with Crippen LogP contribution < -0.4 is 0 Å². The number of aromatic nitrogens is 1. The number of fused-ring (bicyclic) bond motifs is 4.